The summed E-state index contributed by atoms with van der Waals surface area (Å²) in [5.74, 6) is -0.815. The van der Waals surface area contributed by atoms with Gasteiger partial charge in [0.25, 0.3) is 0 Å². The summed E-state index contributed by atoms with van der Waals surface area (Å²) in [6.07, 6.45) is 1.64. The standard InChI is InChI=1S/C14H21F2NO/c1-14(2,6-3-7-18)10-17-9-11-8-12(15)4-5-13(11)16/h4-5,8,17-18H,3,6-7,9-10H2,1-2H3. The number of halogens is 2. The second-order valence-corrected chi connectivity index (χ2v) is 5.33. The van der Waals surface area contributed by atoms with Crippen molar-refractivity contribution in [1.82, 2.24) is 5.32 Å². The molecule has 0 aliphatic rings. The summed E-state index contributed by atoms with van der Waals surface area (Å²) in [6, 6.07) is 3.47. The molecule has 0 aliphatic heterocycles. The molecule has 2 N–H and O–H groups in total. The first-order valence-electron chi connectivity index (χ1n) is 6.20. The second kappa shape index (κ2) is 6.81. The van der Waals surface area contributed by atoms with Crippen molar-refractivity contribution >= 4 is 0 Å². The van der Waals surface area contributed by atoms with Gasteiger partial charge in [-0.2, -0.15) is 0 Å². The lowest BCUT2D eigenvalue weighted by Crippen LogP contribution is -2.29. The van der Waals surface area contributed by atoms with Gasteiger partial charge in [-0.1, -0.05) is 13.8 Å². The molecule has 2 nitrogen and oxygen atoms in total. The van der Waals surface area contributed by atoms with Crippen LogP contribution in [0.1, 0.15) is 32.3 Å². The van der Waals surface area contributed by atoms with Gasteiger partial charge in [0.15, 0.2) is 0 Å². The molecule has 4 heteroatoms. The maximum atomic E-state index is 13.4. The van der Waals surface area contributed by atoms with Crippen LogP contribution in [-0.4, -0.2) is 18.3 Å². The number of rotatable bonds is 7. The lowest BCUT2D eigenvalue weighted by atomic mass is 9.88. The van der Waals surface area contributed by atoms with Crippen LogP contribution in [0.25, 0.3) is 0 Å². The van der Waals surface area contributed by atoms with Crippen molar-refractivity contribution in [2.24, 2.45) is 5.41 Å². The topological polar surface area (TPSA) is 32.3 Å². The Balaban J connectivity index is 2.43. The maximum absolute atomic E-state index is 13.4. The predicted molar refractivity (Wildman–Crippen MR) is 68.2 cm³/mol. The smallest absolute Gasteiger partial charge is 0.127 e. The minimum atomic E-state index is -0.423. The molecule has 0 fully saturated rings. The third-order valence-electron chi connectivity index (χ3n) is 2.94. The molecule has 0 saturated carbocycles. The van der Waals surface area contributed by atoms with Gasteiger partial charge in [0.2, 0.25) is 0 Å². The van der Waals surface area contributed by atoms with Crippen LogP contribution in [0.5, 0.6) is 0 Å². The van der Waals surface area contributed by atoms with Crippen LogP contribution >= 0.6 is 0 Å². The zero-order valence-electron chi connectivity index (χ0n) is 11.0. The predicted octanol–water partition coefficient (Wildman–Crippen LogP) is 2.85. The molecule has 1 aromatic rings. The van der Waals surface area contributed by atoms with Gasteiger partial charge in [0.1, 0.15) is 11.6 Å². The molecule has 0 bridgehead atoms. The van der Waals surface area contributed by atoms with Crippen molar-refractivity contribution in [2.45, 2.75) is 33.2 Å². The molecule has 0 spiro atoms. The van der Waals surface area contributed by atoms with Crippen LogP contribution in [0.3, 0.4) is 0 Å². The zero-order valence-corrected chi connectivity index (χ0v) is 11.0. The summed E-state index contributed by atoms with van der Waals surface area (Å²) in [5.41, 5.74) is 0.375. The largest absolute Gasteiger partial charge is 0.396 e. The van der Waals surface area contributed by atoms with E-state index in [9.17, 15) is 8.78 Å². The molecule has 0 heterocycles. The van der Waals surface area contributed by atoms with Crippen LogP contribution in [0.2, 0.25) is 0 Å². The average Bonchev–Trinajstić information content (AvgIpc) is 2.31. The van der Waals surface area contributed by atoms with Crippen LogP contribution in [0, 0.1) is 17.0 Å². The molecule has 0 atom stereocenters. The summed E-state index contributed by atoms with van der Waals surface area (Å²) >= 11 is 0. The normalized spacial score (nSPS) is 11.8. The number of aliphatic hydroxyl groups excluding tert-OH is 1. The van der Waals surface area contributed by atoms with E-state index in [-0.39, 0.29) is 12.0 Å². The van der Waals surface area contributed by atoms with Crippen molar-refractivity contribution in [3.8, 4) is 0 Å². The lowest BCUT2D eigenvalue weighted by molar-refractivity contribution is 0.236. The Bertz CT molecular complexity index is 380. The first kappa shape index (κ1) is 15.1. The van der Waals surface area contributed by atoms with Crippen LogP contribution in [0.4, 0.5) is 8.78 Å². The third kappa shape index (κ3) is 5.10. The summed E-state index contributed by atoms with van der Waals surface area (Å²) < 4.78 is 26.3. The van der Waals surface area contributed by atoms with E-state index in [0.29, 0.717) is 18.7 Å². The molecule has 0 unspecified atom stereocenters. The number of benzene rings is 1. The van der Waals surface area contributed by atoms with E-state index in [1.54, 1.807) is 0 Å². The Morgan fingerprint density at radius 2 is 2.00 bits per heavy atom. The molecule has 0 saturated heterocycles. The summed E-state index contributed by atoms with van der Waals surface area (Å²) in [5, 5.41) is 11.9. The van der Waals surface area contributed by atoms with Gasteiger partial charge in [-0.3, -0.25) is 0 Å². The Morgan fingerprint density at radius 3 is 2.67 bits per heavy atom. The highest BCUT2D eigenvalue weighted by Gasteiger charge is 2.16. The zero-order chi connectivity index (χ0) is 13.6. The highest BCUT2D eigenvalue weighted by atomic mass is 19.1. The number of aliphatic hydroxyl groups is 1. The van der Waals surface area contributed by atoms with Gasteiger partial charge >= 0.3 is 0 Å². The van der Waals surface area contributed by atoms with E-state index < -0.39 is 11.6 Å². The van der Waals surface area contributed by atoms with Crippen molar-refractivity contribution in [3.05, 3.63) is 35.4 Å². The van der Waals surface area contributed by atoms with Crippen LogP contribution in [-0.2, 0) is 6.54 Å². The molecule has 1 rings (SSSR count). The van der Waals surface area contributed by atoms with Crippen molar-refractivity contribution < 1.29 is 13.9 Å². The first-order valence-corrected chi connectivity index (χ1v) is 6.20. The van der Waals surface area contributed by atoms with E-state index in [1.165, 1.54) is 6.07 Å². The van der Waals surface area contributed by atoms with E-state index in [1.807, 2.05) is 0 Å². The Kier molecular flexibility index (Phi) is 5.69. The fourth-order valence-corrected chi connectivity index (χ4v) is 1.86. The number of hydrogen-bond donors (Lipinski definition) is 2. The van der Waals surface area contributed by atoms with E-state index in [2.05, 4.69) is 19.2 Å². The van der Waals surface area contributed by atoms with Crippen molar-refractivity contribution in [3.63, 3.8) is 0 Å². The minimum Gasteiger partial charge on any atom is -0.396 e. The molecule has 18 heavy (non-hydrogen) atoms. The molecule has 0 aromatic heterocycles. The van der Waals surface area contributed by atoms with Crippen LogP contribution in [0.15, 0.2) is 18.2 Å². The van der Waals surface area contributed by atoms with Crippen molar-refractivity contribution in [1.29, 1.82) is 0 Å². The summed E-state index contributed by atoms with van der Waals surface area (Å²) in [6.45, 7) is 5.35. The Morgan fingerprint density at radius 1 is 1.28 bits per heavy atom. The minimum absolute atomic E-state index is 0.0343. The lowest BCUT2D eigenvalue weighted by Gasteiger charge is -2.24. The van der Waals surface area contributed by atoms with Gasteiger partial charge in [-0.05, 0) is 36.5 Å². The summed E-state index contributed by atoms with van der Waals surface area (Å²) in [7, 11) is 0. The highest BCUT2D eigenvalue weighted by molar-refractivity contribution is 5.18. The van der Waals surface area contributed by atoms with Gasteiger partial charge in [-0.15, -0.1) is 0 Å². The molecule has 1 aromatic carbocycles. The molecular weight excluding hydrogens is 236 g/mol. The van der Waals surface area contributed by atoms with E-state index >= 15 is 0 Å². The molecule has 0 radical (unpaired) electrons. The Hall–Kier alpha value is -1.00. The fourth-order valence-electron chi connectivity index (χ4n) is 1.86. The maximum Gasteiger partial charge on any atom is 0.127 e. The number of nitrogens with one attached hydrogen (secondary N) is 1. The molecule has 0 aliphatic carbocycles. The molecular formula is C14H21F2NO. The average molecular weight is 257 g/mol. The van der Waals surface area contributed by atoms with Crippen molar-refractivity contribution in [2.75, 3.05) is 13.2 Å². The Labute approximate surface area is 107 Å². The second-order valence-electron chi connectivity index (χ2n) is 5.33. The van der Waals surface area contributed by atoms with Gasteiger partial charge in [0, 0.05) is 25.3 Å². The van der Waals surface area contributed by atoms with E-state index in [0.717, 1.165) is 25.0 Å². The quantitative estimate of drug-likeness (QED) is 0.787. The molecule has 102 valence electrons. The van der Waals surface area contributed by atoms with Gasteiger partial charge in [-0.25, -0.2) is 8.78 Å². The SMILES string of the molecule is CC(C)(CCCO)CNCc1cc(F)ccc1F. The first-order chi connectivity index (χ1) is 8.44. The van der Waals surface area contributed by atoms with Gasteiger partial charge < -0.3 is 10.4 Å². The fraction of sp³-hybridized carbons (Fsp3) is 0.571. The van der Waals surface area contributed by atoms with Crippen LogP contribution < -0.4 is 5.32 Å². The van der Waals surface area contributed by atoms with Gasteiger partial charge in [0.05, 0.1) is 0 Å². The summed E-state index contributed by atoms with van der Waals surface area (Å²) in [4.78, 5) is 0. The molecule has 0 amide bonds. The third-order valence-corrected chi connectivity index (χ3v) is 2.94. The monoisotopic (exact) mass is 257 g/mol. The van der Waals surface area contributed by atoms with E-state index in [4.69, 9.17) is 5.11 Å². The highest BCUT2D eigenvalue weighted by Crippen LogP contribution is 2.21. The number of hydrogen-bond acceptors (Lipinski definition) is 2.